The van der Waals surface area contributed by atoms with Crippen molar-refractivity contribution in [1.29, 1.82) is 0 Å². The lowest BCUT2D eigenvalue weighted by Gasteiger charge is -2.26. The number of benzene rings is 1. The SMILES string of the molecule is COC(=O)C1(NC(=O)/C=C/c2cccc(Cl)c2Cl)CCCC1. The van der Waals surface area contributed by atoms with E-state index in [1.807, 2.05) is 0 Å². The van der Waals surface area contributed by atoms with E-state index in [2.05, 4.69) is 5.32 Å². The van der Waals surface area contributed by atoms with Crippen LogP contribution in [0, 0.1) is 0 Å². The number of ether oxygens (including phenoxy) is 1. The number of carbonyl (C=O) groups excluding carboxylic acids is 2. The molecule has 1 aliphatic carbocycles. The molecule has 1 aromatic rings. The average Bonchev–Trinajstić information content (AvgIpc) is 2.97. The molecule has 0 heterocycles. The van der Waals surface area contributed by atoms with Crippen LogP contribution in [0.4, 0.5) is 0 Å². The molecule has 1 amide bonds. The first kappa shape index (κ1) is 16.8. The molecule has 0 bridgehead atoms. The lowest BCUT2D eigenvalue weighted by Crippen LogP contribution is -2.52. The van der Waals surface area contributed by atoms with E-state index in [9.17, 15) is 9.59 Å². The van der Waals surface area contributed by atoms with E-state index in [-0.39, 0.29) is 5.91 Å². The predicted octanol–water partition coefficient (Wildman–Crippen LogP) is 3.61. The third kappa shape index (κ3) is 3.62. The van der Waals surface area contributed by atoms with Gasteiger partial charge in [-0.1, -0.05) is 48.2 Å². The Morgan fingerprint density at radius 1 is 1.27 bits per heavy atom. The highest BCUT2D eigenvalue weighted by Crippen LogP contribution is 2.31. The molecule has 0 spiro atoms. The largest absolute Gasteiger partial charge is 0.467 e. The van der Waals surface area contributed by atoms with Crippen LogP contribution in [0.5, 0.6) is 0 Å². The summed E-state index contributed by atoms with van der Waals surface area (Å²) < 4.78 is 4.82. The van der Waals surface area contributed by atoms with Crippen molar-refractivity contribution in [1.82, 2.24) is 5.32 Å². The fraction of sp³-hybridized carbons (Fsp3) is 0.375. The normalized spacial score (nSPS) is 16.7. The number of esters is 1. The summed E-state index contributed by atoms with van der Waals surface area (Å²) in [5.74, 6) is -0.754. The van der Waals surface area contributed by atoms with Crippen LogP contribution >= 0.6 is 23.2 Å². The molecule has 2 rings (SSSR count). The molecule has 0 radical (unpaired) electrons. The van der Waals surface area contributed by atoms with Crippen LogP contribution in [0.2, 0.25) is 10.0 Å². The lowest BCUT2D eigenvalue weighted by molar-refractivity contribution is -0.150. The zero-order valence-corrected chi connectivity index (χ0v) is 13.7. The van der Waals surface area contributed by atoms with E-state index in [1.165, 1.54) is 13.2 Å². The van der Waals surface area contributed by atoms with Crippen molar-refractivity contribution in [2.75, 3.05) is 7.11 Å². The van der Waals surface area contributed by atoms with Gasteiger partial charge in [0.05, 0.1) is 17.2 Å². The molecule has 1 N–H and O–H groups in total. The van der Waals surface area contributed by atoms with Crippen LogP contribution in [0.3, 0.4) is 0 Å². The maximum Gasteiger partial charge on any atom is 0.331 e. The van der Waals surface area contributed by atoms with Gasteiger partial charge in [0.1, 0.15) is 5.54 Å². The molecule has 0 unspecified atom stereocenters. The van der Waals surface area contributed by atoms with Crippen molar-refractivity contribution in [2.24, 2.45) is 0 Å². The number of rotatable bonds is 4. The van der Waals surface area contributed by atoms with Crippen molar-refractivity contribution in [2.45, 2.75) is 31.2 Å². The van der Waals surface area contributed by atoms with Gasteiger partial charge in [-0.15, -0.1) is 0 Å². The molecule has 0 saturated heterocycles. The van der Waals surface area contributed by atoms with Gasteiger partial charge in [0.2, 0.25) is 5.91 Å². The standard InChI is InChI=1S/C16H17Cl2NO3/c1-22-15(21)16(9-2-3-10-16)19-13(20)8-7-11-5-4-6-12(17)14(11)18/h4-8H,2-3,9-10H2,1H3,(H,19,20)/b8-7+. The minimum atomic E-state index is -0.908. The van der Waals surface area contributed by atoms with Gasteiger partial charge in [-0.25, -0.2) is 4.79 Å². The third-order valence-corrected chi connectivity index (χ3v) is 4.62. The summed E-state index contributed by atoms with van der Waals surface area (Å²) in [6, 6.07) is 5.18. The maximum absolute atomic E-state index is 12.1. The summed E-state index contributed by atoms with van der Waals surface area (Å²) in [5, 5.41) is 3.58. The van der Waals surface area contributed by atoms with Crippen molar-refractivity contribution in [3.05, 3.63) is 39.9 Å². The topological polar surface area (TPSA) is 55.4 Å². The Morgan fingerprint density at radius 3 is 2.59 bits per heavy atom. The number of halogens is 2. The number of carbonyl (C=O) groups is 2. The molecule has 1 fully saturated rings. The highest BCUT2D eigenvalue weighted by atomic mass is 35.5. The molecule has 22 heavy (non-hydrogen) atoms. The Morgan fingerprint density at radius 2 is 1.95 bits per heavy atom. The molecule has 1 saturated carbocycles. The summed E-state index contributed by atoms with van der Waals surface area (Å²) in [6.07, 6.45) is 5.89. The van der Waals surface area contributed by atoms with Gasteiger partial charge >= 0.3 is 5.97 Å². The van der Waals surface area contributed by atoms with E-state index in [1.54, 1.807) is 24.3 Å². The first-order valence-corrected chi connectivity index (χ1v) is 7.77. The van der Waals surface area contributed by atoms with E-state index < -0.39 is 11.5 Å². The number of amides is 1. The Bertz CT molecular complexity index is 607. The molecule has 0 atom stereocenters. The lowest BCUT2D eigenvalue weighted by atomic mass is 9.97. The Balaban J connectivity index is 2.10. The van der Waals surface area contributed by atoms with E-state index >= 15 is 0 Å². The van der Waals surface area contributed by atoms with Crippen LogP contribution in [0.1, 0.15) is 31.2 Å². The summed E-state index contributed by atoms with van der Waals surface area (Å²) in [7, 11) is 1.33. The van der Waals surface area contributed by atoms with Crippen molar-refractivity contribution in [3.8, 4) is 0 Å². The van der Waals surface area contributed by atoms with E-state index in [4.69, 9.17) is 27.9 Å². The van der Waals surface area contributed by atoms with E-state index in [0.29, 0.717) is 28.5 Å². The molecule has 1 aliphatic rings. The quantitative estimate of drug-likeness (QED) is 0.672. The molecule has 6 heteroatoms. The Labute approximate surface area is 139 Å². The van der Waals surface area contributed by atoms with Gasteiger partial charge in [-0.3, -0.25) is 4.79 Å². The van der Waals surface area contributed by atoms with Gasteiger partial charge in [-0.05, 0) is 30.5 Å². The van der Waals surface area contributed by atoms with E-state index in [0.717, 1.165) is 12.8 Å². The van der Waals surface area contributed by atoms with Crippen LogP contribution in [0.25, 0.3) is 6.08 Å². The predicted molar refractivity (Wildman–Crippen MR) is 86.9 cm³/mol. The molecule has 118 valence electrons. The summed E-state index contributed by atoms with van der Waals surface area (Å²) in [6.45, 7) is 0. The zero-order chi connectivity index (χ0) is 16.2. The number of hydrogen-bond donors (Lipinski definition) is 1. The summed E-state index contributed by atoms with van der Waals surface area (Å²) >= 11 is 12.0. The minimum Gasteiger partial charge on any atom is -0.467 e. The molecular formula is C16H17Cl2NO3. The molecule has 1 aromatic carbocycles. The van der Waals surface area contributed by atoms with Crippen molar-refractivity contribution >= 4 is 41.2 Å². The van der Waals surface area contributed by atoms with Gasteiger partial charge in [0.15, 0.2) is 0 Å². The summed E-state index contributed by atoms with van der Waals surface area (Å²) in [4.78, 5) is 24.1. The number of nitrogens with one attached hydrogen (secondary N) is 1. The molecule has 4 nitrogen and oxygen atoms in total. The third-order valence-electron chi connectivity index (χ3n) is 3.79. The molecule has 0 aromatic heterocycles. The molecular weight excluding hydrogens is 325 g/mol. The fourth-order valence-corrected chi connectivity index (χ4v) is 3.02. The number of hydrogen-bond acceptors (Lipinski definition) is 3. The van der Waals surface area contributed by atoms with Crippen molar-refractivity contribution in [3.63, 3.8) is 0 Å². The monoisotopic (exact) mass is 341 g/mol. The van der Waals surface area contributed by atoms with Gasteiger partial charge in [0.25, 0.3) is 0 Å². The fourth-order valence-electron chi connectivity index (χ4n) is 2.65. The number of methoxy groups -OCH3 is 1. The van der Waals surface area contributed by atoms with Crippen LogP contribution in [0.15, 0.2) is 24.3 Å². The van der Waals surface area contributed by atoms with Crippen LogP contribution in [-0.2, 0) is 14.3 Å². The Hall–Kier alpha value is -1.52. The molecule has 0 aliphatic heterocycles. The van der Waals surface area contributed by atoms with Crippen molar-refractivity contribution < 1.29 is 14.3 Å². The second-order valence-electron chi connectivity index (χ2n) is 5.25. The second-order valence-corrected chi connectivity index (χ2v) is 6.03. The average molecular weight is 342 g/mol. The maximum atomic E-state index is 12.1. The van der Waals surface area contributed by atoms with Gasteiger partial charge in [-0.2, -0.15) is 0 Å². The van der Waals surface area contributed by atoms with Crippen LogP contribution in [-0.4, -0.2) is 24.5 Å². The highest BCUT2D eigenvalue weighted by molar-refractivity contribution is 6.42. The summed E-state index contributed by atoms with van der Waals surface area (Å²) in [5.41, 5.74) is -0.267. The Kier molecular flexibility index (Phi) is 5.48. The first-order valence-electron chi connectivity index (χ1n) is 7.01. The van der Waals surface area contributed by atoms with Crippen LogP contribution < -0.4 is 5.32 Å². The zero-order valence-electron chi connectivity index (χ0n) is 12.2. The highest BCUT2D eigenvalue weighted by Gasteiger charge is 2.43. The smallest absolute Gasteiger partial charge is 0.331 e. The minimum absolute atomic E-state index is 0.358. The first-order chi connectivity index (χ1) is 10.5. The van der Waals surface area contributed by atoms with Gasteiger partial charge < -0.3 is 10.1 Å². The second kappa shape index (κ2) is 7.16. The van der Waals surface area contributed by atoms with Gasteiger partial charge in [0, 0.05) is 6.08 Å².